The van der Waals surface area contributed by atoms with Crippen LogP contribution in [0.5, 0.6) is 0 Å². The summed E-state index contributed by atoms with van der Waals surface area (Å²) >= 11 is 0. The van der Waals surface area contributed by atoms with Crippen molar-refractivity contribution in [3.63, 3.8) is 0 Å². The summed E-state index contributed by atoms with van der Waals surface area (Å²) in [6.45, 7) is 4.60. The van der Waals surface area contributed by atoms with E-state index in [2.05, 4.69) is 15.2 Å². The zero-order valence-corrected chi connectivity index (χ0v) is 24.6. The molecule has 2 aromatic carbocycles. The van der Waals surface area contributed by atoms with Crippen molar-refractivity contribution in [2.45, 2.75) is 44.2 Å². The highest BCUT2D eigenvalue weighted by Crippen LogP contribution is 2.44. The zero-order valence-electron chi connectivity index (χ0n) is 24.6. The zero-order chi connectivity index (χ0) is 30.2. The molecule has 1 fully saturated rings. The number of carbonyl (C=O) groups is 3. The van der Waals surface area contributed by atoms with Crippen LogP contribution in [0.25, 0.3) is 0 Å². The maximum atomic E-state index is 14.4. The fraction of sp³-hybridized carbons (Fsp3) is 0.438. The Morgan fingerprint density at radius 2 is 1.84 bits per heavy atom. The molecule has 3 unspecified atom stereocenters. The van der Waals surface area contributed by atoms with Crippen molar-refractivity contribution < 1.29 is 24.6 Å². The first kappa shape index (κ1) is 29.0. The summed E-state index contributed by atoms with van der Waals surface area (Å²) in [6, 6.07) is 13.0. The summed E-state index contributed by atoms with van der Waals surface area (Å²) in [7, 11) is 1.84. The van der Waals surface area contributed by atoms with Crippen molar-refractivity contribution in [2.24, 2.45) is 7.05 Å². The van der Waals surface area contributed by atoms with Gasteiger partial charge in [-0.25, -0.2) is 4.98 Å². The number of hydrogen-bond donors (Lipinski definition) is 3. The first-order chi connectivity index (χ1) is 20.7. The van der Waals surface area contributed by atoms with E-state index < -0.39 is 12.0 Å². The Hall–Kier alpha value is -4.06. The lowest BCUT2D eigenvalue weighted by atomic mass is 9.89. The van der Waals surface area contributed by atoms with Crippen LogP contribution in [0.15, 0.2) is 48.8 Å². The molecule has 0 aliphatic carbocycles. The van der Waals surface area contributed by atoms with Gasteiger partial charge in [0.1, 0.15) is 6.04 Å². The highest BCUT2D eigenvalue weighted by Gasteiger charge is 2.43. The maximum absolute atomic E-state index is 14.4. The molecular weight excluding hydrogens is 548 g/mol. The number of anilines is 2. The molecule has 226 valence electrons. The number of likely N-dealkylation sites (tertiary alicyclic amines) is 1. The van der Waals surface area contributed by atoms with E-state index in [1.165, 1.54) is 0 Å². The largest absolute Gasteiger partial charge is 0.480 e. The standard InChI is InChI=1S/C32H38N6O5/c1-20-22(7-5-8-25(20)34-28(40)12-14-36-13-10-21(39)16-36)24-17-38(27-9-4-3-6-23(24)27)32(43)31-30-26(33-19-35(30)2)11-15-37(31)18-29(41)42/h3-9,19,21,24,31,39H,10-18H2,1-2H3,(H,34,40)(H,41,42). The van der Waals surface area contributed by atoms with Crippen LogP contribution in [0.3, 0.4) is 0 Å². The lowest BCUT2D eigenvalue weighted by Gasteiger charge is -2.36. The normalized spacial score (nSPS) is 21.9. The van der Waals surface area contributed by atoms with E-state index >= 15 is 0 Å². The van der Waals surface area contributed by atoms with Gasteiger partial charge < -0.3 is 29.9 Å². The number of carbonyl (C=O) groups excluding carboxylic acids is 2. The number of benzene rings is 2. The predicted octanol–water partition coefficient (Wildman–Crippen LogP) is 2.29. The molecule has 2 amide bonds. The average Bonchev–Trinajstić information content (AvgIpc) is 3.69. The number of carboxylic acids is 1. The quantitative estimate of drug-likeness (QED) is 0.367. The number of β-amino-alcohol motifs (C(OH)–C–C–N with tert-alkyl or cyclic N) is 1. The number of amides is 2. The second-order valence-electron chi connectivity index (χ2n) is 11.8. The average molecular weight is 587 g/mol. The molecule has 11 heteroatoms. The molecule has 0 spiro atoms. The van der Waals surface area contributed by atoms with E-state index in [1.807, 2.05) is 61.0 Å². The molecule has 0 bridgehead atoms. The summed E-state index contributed by atoms with van der Waals surface area (Å²) in [4.78, 5) is 49.1. The molecule has 0 radical (unpaired) electrons. The van der Waals surface area contributed by atoms with Crippen LogP contribution in [0.1, 0.15) is 52.9 Å². The number of rotatable bonds is 8. The first-order valence-corrected chi connectivity index (χ1v) is 14.9. The SMILES string of the molecule is Cc1c(NC(=O)CCN2CCC(O)C2)cccc1C1CN(C(=O)C2c3c(ncn3C)CCN2CC(=O)O)c2ccccc21. The van der Waals surface area contributed by atoms with Gasteiger partial charge in [0, 0.05) is 69.9 Å². The monoisotopic (exact) mass is 586 g/mol. The number of aryl methyl sites for hydroxylation is 1. The molecule has 1 saturated heterocycles. The fourth-order valence-corrected chi connectivity index (χ4v) is 6.88. The summed E-state index contributed by atoms with van der Waals surface area (Å²) in [5.74, 6) is -1.34. The minimum Gasteiger partial charge on any atom is -0.480 e. The van der Waals surface area contributed by atoms with Gasteiger partial charge in [0.25, 0.3) is 5.91 Å². The second-order valence-corrected chi connectivity index (χ2v) is 11.8. The summed E-state index contributed by atoms with van der Waals surface area (Å²) in [5.41, 5.74) is 6.10. The van der Waals surface area contributed by atoms with Crippen molar-refractivity contribution >= 4 is 29.2 Å². The third-order valence-electron chi connectivity index (χ3n) is 9.06. The molecule has 43 heavy (non-hydrogen) atoms. The van der Waals surface area contributed by atoms with Gasteiger partial charge >= 0.3 is 5.97 Å². The van der Waals surface area contributed by atoms with Crippen molar-refractivity contribution in [3.05, 3.63) is 76.9 Å². The van der Waals surface area contributed by atoms with Crippen molar-refractivity contribution in [1.29, 1.82) is 0 Å². The second kappa shape index (κ2) is 11.9. The van der Waals surface area contributed by atoms with Gasteiger partial charge in [-0.2, -0.15) is 0 Å². The molecule has 11 nitrogen and oxygen atoms in total. The number of carboxylic acid groups (broad SMARTS) is 1. The van der Waals surface area contributed by atoms with E-state index in [4.69, 9.17) is 0 Å². The van der Waals surface area contributed by atoms with Crippen molar-refractivity contribution in [2.75, 3.05) is 49.5 Å². The molecule has 3 atom stereocenters. The number of fused-ring (bicyclic) bond motifs is 2. The third kappa shape index (κ3) is 5.67. The number of nitrogens with one attached hydrogen (secondary N) is 1. The van der Waals surface area contributed by atoms with E-state index in [-0.39, 0.29) is 30.4 Å². The van der Waals surface area contributed by atoms with Crippen LogP contribution in [0.4, 0.5) is 11.4 Å². The Balaban J connectivity index is 1.26. The van der Waals surface area contributed by atoms with Gasteiger partial charge in [-0.1, -0.05) is 30.3 Å². The number of nitrogens with zero attached hydrogens (tertiary/aromatic N) is 5. The minimum absolute atomic E-state index is 0.0759. The number of aliphatic hydroxyl groups is 1. The van der Waals surface area contributed by atoms with Gasteiger partial charge in [0.05, 0.1) is 30.4 Å². The third-order valence-corrected chi connectivity index (χ3v) is 9.06. The molecule has 6 rings (SSSR count). The predicted molar refractivity (Wildman–Crippen MR) is 161 cm³/mol. The number of hydrogen-bond acceptors (Lipinski definition) is 7. The van der Waals surface area contributed by atoms with Gasteiger partial charge in [-0.3, -0.25) is 19.3 Å². The molecule has 3 N–H and O–H groups in total. The van der Waals surface area contributed by atoms with E-state index in [1.54, 1.807) is 16.1 Å². The molecular formula is C32H38N6O5. The molecule has 3 aromatic rings. The van der Waals surface area contributed by atoms with Crippen LogP contribution in [-0.2, 0) is 27.9 Å². The molecule has 0 saturated carbocycles. The highest BCUT2D eigenvalue weighted by molar-refractivity contribution is 6.00. The lowest BCUT2D eigenvalue weighted by Crippen LogP contribution is -2.48. The topological polar surface area (TPSA) is 131 Å². The van der Waals surface area contributed by atoms with Crippen molar-refractivity contribution in [1.82, 2.24) is 19.4 Å². The summed E-state index contributed by atoms with van der Waals surface area (Å²) in [6.07, 6.45) is 3.05. The Labute approximate surface area is 250 Å². The van der Waals surface area contributed by atoms with E-state index in [9.17, 15) is 24.6 Å². The number of aliphatic carboxylic acids is 1. The van der Waals surface area contributed by atoms with Gasteiger partial charge in [-0.05, 0) is 42.2 Å². The Morgan fingerprint density at radius 3 is 2.60 bits per heavy atom. The number of aromatic nitrogens is 2. The van der Waals surface area contributed by atoms with Crippen LogP contribution in [-0.4, -0.2) is 92.7 Å². The molecule has 3 aliphatic heterocycles. The van der Waals surface area contributed by atoms with Crippen LogP contribution < -0.4 is 10.2 Å². The van der Waals surface area contributed by atoms with Gasteiger partial charge in [-0.15, -0.1) is 0 Å². The number of para-hydroxylation sites is 1. The van der Waals surface area contributed by atoms with E-state index in [0.29, 0.717) is 39.0 Å². The molecule has 3 aliphatic rings. The van der Waals surface area contributed by atoms with Crippen LogP contribution in [0.2, 0.25) is 0 Å². The minimum atomic E-state index is -0.976. The smallest absolute Gasteiger partial charge is 0.317 e. The van der Waals surface area contributed by atoms with E-state index in [0.717, 1.165) is 52.4 Å². The first-order valence-electron chi connectivity index (χ1n) is 14.9. The summed E-state index contributed by atoms with van der Waals surface area (Å²) in [5, 5.41) is 22.5. The number of aliphatic hydroxyl groups excluding tert-OH is 1. The Kier molecular flexibility index (Phi) is 8.04. The lowest BCUT2D eigenvalue weighted by molar-refractivity contribution is -0.140. The Bertz CT molecular complexity index is 1550. The maximum Gasteiger partial charge on any atom is 0.317 e. The van der Waals surface area contributed by atoms with Gasteiger partial charge in [0.2, 0.25) is 5.91 Å². The molecule has 4 heterocycles. The van der Waals surface area contributed by atoms with Crippen LogP contribution in [0, 0.1) is 6.92 Å². The fourth-order valence-electron chi connectivity index (χ4n) is 6.88. The number of imidazole rings is 1. The Morgan fingerprint density at radius 1 is 1.05 bits per heavy atom. The van der Waals surface area contributed by atoms with Gasteiger partial charge in [0.15, 0.2) is 0 Å². The van der Waals surface area contributed by atoms with Crippen LogP contribution >= 0.6 is 0 Å². The summed E-state index contributed by atoms with van der Waals surface area (Å²) < 4.78 is 1.83. The van der Waals surface area contributed by atoms with Crippen molar-refractivity contribution in [3.8, 4) is 0 Å². The highest BCUT2D eigenvalue weighted by atomic mass is 16.4. The molecule has 1 aromatic heterocycles.